The molecule has 0 aliphatic heterocycles. The Labute approximate surface area is 118 Å². The minimum Gasteiger partial charge on any atom is -0.497 e. The van der Waals surface area contributed by atoms with Crippen LogP contribution in [0.2, 0.25) is 0 Å². The Bertz CT molecular complexity index is 632. The molecule has 5 nitrogen and oxygen atoms in total. The van der Waals surface area contributed by atoms with Crippen LogP contribution in [0.15, 0.2) is 52.2 Å². The highest BCUT2D eigenvalue weighted by atomic mass is 32.2. The number of methoxy groups -OCH3 is 1. The summed E-state index contributed by atoms with van der Waals surface area (Å²) in [5, 5.41) is 0. The molecule has 0 bridgehead atoms. The number of rotatable bonds is 6. The lowest BCUT2D eigenvalue weighted by Gasteiger charge is -2.19. The van der Waals surface area contributed by atoms with Crippen molar-refractivity contribution in [3.63, 3.8) is 0 Å². The molecule has 0 aliphatic carbocycles. The van der Waals surface area contributed by atoms with Crippen molar-refractivity contribution in [2.24, 2.45) is 0 Å². The van der Waals surface area contributed by atoms with Gasteiger partial charge in [0.15, 0.2) is 0 Å². The third-order valence-corrected chi connectivity index (χ3v) is 4.92. The van der Waals surface area contributed by atoms with Crippen molar-refractivity contribution in [1.82, 2.24) is 4.31 Å². The van der Waals surface area contributed by atoms with Crippen molar-refractivity contribution in [3.05, 3.63) is 48.4 Å². The summed E-state index contributed by atoms with van der Waals surface area (Å²) in [6, 6.07) is 8.13. The number of hydrogen-bond donors (Lipinski definition) is 0. The van der Waals surface area contributed by atoms with E-state index in [4.69, 9.17) is 9.15 Å². The van der Waals surface area contributed by atoms with Gasteiger partial charge in [-0.05, 0) is 30.3 Å². The van der Waals surface area contributed by atoms with Gasteiger partial charge in [-0.3, -0.25) is 0 Å². The summed E-state index contributed by atoms with van der Waals surface area (Å²) in [7, 11) is -1.97. The van der Waals surface area contributed by atoms with E-state index in [1.54, 1.807) is 50.6 Å². The van der Waals surface area contributed by atoms with E-state index in [1.165, 1.54) is 10.6 Å². The highest BCUT2D eigenvalue weighted by Crippen LogP contribution is 2.21. The van der Waals surface area contributed by atoms with Gasteiger partial charge in [0.05, 0.1) is 24.5 Å². The van der Waals surface area contributed by atoms with Crippen LogP contribution in [-0.4, -0.2) is 26.4 Å². The molecule has 108 valence electrons. The summed E-state index contributed by atoms with van der Waals surface area (Å²) in [5.74, 6) is 0.627. The number of benzene rings is 1. The van der Waals surface area contributed by atoms with Crippen LogP contribution >= 0.6 is 0 Å². The average Bonchev–Trinajstić information content (AvgIpc) is 2.97. The van der Waals surface area contributed by atoms with E-state index >= 15 is 0 Å². The first-order valence-electron chi connectivity index (χ1n) is 6.23. The van der Waals surface area contributed by atoms with Crippen molar-refractivity contribution in [2.45, 2.75) is 18.4 Å². The molecule has 0 amide bonds. The van der Waals surface area contributed by atoms with Crippen LogP contribution in [0.4, 0.5) is 0 Å². The molecule has 6 heteroatoms. The van der Waals surface area contributed by atoms with Crippen molar-refractivity contribution in [2.75, 3.05) is 13.7 Å². The lowest BCUT2D eigenvalue weighted by atomic mass is 10.3. The van der Waals surface area contributed by atoms with E-state index in [9.17, 15) is 8.42 Å². The van der Waals surface area contributed by atoms with Crippen LogP contribution in [-0.2, 0) is 16.6 Å². The van der Waals surface area contributed by atoms with Gasteiger partial charge in [-0.15, -0.1) is 0 Å². The third-order valence-electron chi connectivity index (χ3n) is 2.99. The molecule has 1 aromatic heterocycles. The standard InChI is InChI=1S/C14H17NO4S/c1-3-15(10-12-8-9-19-11-12)20(16,17)14-6-4-13(18-2)5-7-14/h4-9,11H,3,10H2,1-2H3. The van der Waals surface area contributed by atoms with E-state index in [2.05, 4.69) is 0 Å². The fourth-order valence-corrected chi connectivity index (χ4v) is 3.29. The SMILES string of the molecule is CCN(Cc1ccoc1)S(=O)(=O)c1ccc(OC)cc1. The highest BCUT2D eigenvalue weighted by Gasteiger charge is 2.23. The van der Waals surface area contributed by atoms with Crippen LogP contribution in [0.1, 0.15) is 12.5 Å². The number of nitrogens with zero attached hydrogens (tertiary/aromatic N) is 1. The van der Waals surface area contributed by atoms with Gasteiger partial charge in [0.25, 0.3) is 0 Å². The van der Waals surface area contributed by atoms with Crippen LogP contribution in [0.25, 0.3) is 0 Å². The largest absolute Gasteiger partial charge is 0.497 e. The molecular formula is C14H17NO4S. The molecule has 2 aromatic rings. The summed E-state index contributed by atoms with van der Waals surface area (Å²) in [4.78, 5) is 0.253. The fourth-order valence-electron chi connectivity index (χ4n) is 1.85. The van der Waals surface area contributed by atoms with Gasteiger partial charge < -0.3 is 9.15 Å². The predicted molar refractivity (Wildman–Crippen MR) is 75.0 cm³/mol. The van der Waals surface area contributed by atoms with E-state index in [1.807, 2.05) is 0 Å². The zero-order chi connectivity index (χ0) is 14.6. The van der Waals surface area contributed by atoms with Gasteiger partial charge in [-0.25, -0.2) is 8.42 Å². The van der Waals surface area contributed by atoms with Gasteiger partial charge in [0, 0.05) is 18.7 Å². The van der Waals surface area contributed by atoms with Gasteiger partial charge in [0.2, 0.25) is 10.0 Å². The smallest absolute Gasteiger partial charge is 0.243 e. The first-order chi connectivity index (χ1) is 9.57. The van der Waals surface area contributed by atoms with Crippen molar-refractivity contribution < 1.29 is 17.6 Å². The summed E-state index contributed by atoms with van der Waals surface area (Å²) in [6.07, 6.45) is 3.08. The Morgan fingerprint density at radius 3 is 2.40 bits per heavy atom. The topological polar surface area (TPSA) is 59.8 Å². The normalized spacial score (nSPS) is 11.8. The fraction of sp³-hybridized carbons (Fsp3) is 0.286. The van der Waals surface area contributed by atoms with Crippen molar-refractivity contribution >= 4 is 10.0 Å². The lowest BCUT2D eigenvalue weighted by molar-refractivity contribution is 0.413. The average molecular weight is 295 g/mol. The molecule has 0 spiro atoms. The summed E-state index contributed by atoms with van der Waals surface area (Å²) >= 11 is 0. The summed E-state index contributed by atoms with van der Waals surface area (Å²) in [6.45, 7) is 2.49. The van der Waals surface area contributed by atoms with E-state index in [-0.39, 0.29) is 4.90 Å². The quantitative estimate of drug-likeness (QED) is 0.821. The lowest BCUT2D eigenvalue weighted by Crippen LogP contribution is -2.30. The molecule has 0 saturated carbocycles. The number of hydrogen-bond acceptors (Lipinski definition) is 4. The Morgan fingerprint density at radius 2 is 1.90 bits per heavy atom. The summed E-state index contributed by atoms with van der Waals surface area (Å²) in [5.41, 5.74) is 0.823. The Kier molecular flexibility index (Phi) is 4.46. The predicted octanol–water partition coefficient (Wildman–Crippen LogP) is 2.50. The van der Waals surface area contributed by atoms with Crippen LogP contribution in [0.3, 0.4) is 0 Å². The van der Waals surface area contributed by atoms with Gasteiger partial charge in [0.1, 0.15) is 5.75 Å². The molecule has 20 heavy (non-hydrogen) atoms. The Morgan fingerprint density at radius 1 is 1.20 bits per heavy atom. The second kappa shape index (κ2) is 6.11. The number of ether oxygens (including phenoxy) is 1. The van der Waals surface area contributed by atoms with E-state index < -0.39 is 10.0 Å². The minimum absolute atomic E-state index is 0.253. The zero-order valence-corrected chi connectivity index (χ0v) is 12.3. The zero-order valence-electron chi connectivity index (χ0n) is 11.4. The van der Waals surface area contributed by atoms with Crippen LogP contribution < -0.4 is 4.74 Å². The molecule has 2 rings (SSSR count). The molecule has 0 unspecified atom stereocenters. The maximum atomic E-state index is 12.5. The maximum absolute atomic E-state index is 12.5. The molecule has 0 fully saturated rings. The third kappa shape index (κ3) is 3.02. The molecule has 1 aromatic carbocycles. The van der Waals surface area contributed by atoms with Crippen molar-refractivity contribution in [1.29, 1.82) is 0 Å². The second-order valence-corrected chi connectivity index (χ2v) is 6.18. The monoisotopic (exact) mass is 295 g/mol. The molecule has 0 N–H and O–H groups in total. The van der Waals surface area contributed by atoms with Crippen LogP contribution in [0, 0.1) is 0 Å². The molecular weight excluding hydrogens is 278 g/mol. The molecule has 1 heterocycles. The Hall–Kier alpha value is -1.79. The van der Waals surface area contributed by atoms with Gasteiger partial charge >= 0.3 is 0 Å². The Balaban J connectivity index is 2.26. The van der Waals surface area contributed by atoms with Crippen molar-refractivity contribution in [3.8, 4) is 5.75 Å². The highest BCUT2D eigenvalue weighted by molar-refractivity contribution is 7.89. The molecule has 0 aliphatic rings. The summed E-state index contributed by atoms with van der Waals surface area (Å²) < 4.78 is 36.5. The van der Waals surface area contributed by atoms with E-state index in [0.717, 1.165) is 5.56 Å². The van der Waals surface area contributed by atoms with Gasteiger partial charge in [-0.1, -0.05) is 6.92 Å². The minimum atomic E-state index is -3.52. The van der Waals surface area contributed by atoms with Gasteiger partial charge in [-0.2, -0.15) is 4.31 Å². The van der Waals surface area contributed by atoms with E-state index in [0.29, 0.717) is 18.8 Å². The number of sulfonamides is 1. The molecule has 0 radical (unpaired) electrons. The number of furan rings is 1. The second-order valence-electron chi connectivity index (χ2n) is 4.24. The first-order valence-corrected chi connectivity index (χ1v) is 7.67. The first kappa shape index (κ1) is 14.6. The molecule has 0 atom stereocenters. The van der Waals surface area contributed by atoms with Crippen LogP contribution in [0.5, 0.6) is 5.75 Å². The molecule has 0 saturated heterocycles. The maximum Gasteiger partial charge on any atom is 0.243 e.